The van der Waals surface area contributed by atoms with Crippen LogP contribution in [-0.4, -0.2) is 55.3 Å². The second-order valence-corrected chi connectivity index (χ2v) is 12.5. The molecule has 2 amide bonds. The minimum absolute atomic E-state index is 0.00700. The number of nitro groups is 1. The summed E-state index contributed by atoms with van der Waals surface area (Å²) in [4.78, 5) is 39.6. The number of amides is 2. The first-order valence-corrected chi connectivity index (χ1v) is 14.8. The number of carbonyl (C=O) groups excluding carboxylic acids is 2. The van der Waals surface area contributed by atoms with E-state index in [1.807, 2.05) is 20.8 Å². The Morgan fingerprint density at radius 2 is 1.64 bits per heavy atom. The Hall–Kier alpha value is -4.45. The van der Waals surface area contributed by atoms with Crippen LogP contribution in [0.25, 0.3) is 0 Å². The number of rotatable bonds is 12. The highest BCUT2D eigenvalue weighted by Crippen LogP contribution is 2.28. The van der Waals surface area contributed by atoms with Crippen LogP contribution in [0.3, 0.4) is 0 Å². The van der Waals surface area contributed by atoms with E-state index in [2.05, 4.69) is 5.32 Å². The van der Waals surface area contributed by atoms with Gasteiger partial charge in [0, 0.05) is 24.2 Å². The van der Waals surface area contributed by atoms with Gasteiger partial charge in [0.1, 0.15) is 18.3 Å². The molecule has 0 saturated carbocycles. The van der Waals surface area contributed by atoms with Gasteiger partial charge in [0.25, 0.3) is 15.7 Å². The van der Waals surface area contributed by atoms with E-state index in [0.29, 0.717) is 11.3 Å². The van der Waals surface area contributed by atoms with Gasteiger partial charge in [-0.2, -0.15) is 0 Å². The summed E-state index contributed by atoms with van der Waals surface area (Å²) in [5, 5.41) is 14.4. The van der Waals surface area contributed by atoms with Crippen LogP contribution in [0.2, 0.25) is 0 Å². The molecule has 0 aromatic heterocycles. The van der Waals surface area contributed by atoms with Crippen molar-refractivity contribution in [3.05, 3.63) is 94.5 Å². The molecule has 1 atom stereocenters. The summed E-state index contributed by atoms with van der Waals surface area (Å²) in [6.07, 6.45) is 0.256. The van der Waals surface area contributed by atoms with Crippen LogP contribution in [0.4, 0.5) is 11.4 Å². The lowest BCUT2D eigenvalue weighted by Crippen LogP contribution is -2.55. The normalized spacial score (nSPS) is 12.2. The van der Waals surface area contributed by atoms with E-state index >= 15 is 0 Å². The van der Waals surface area contributed by atoms with Crippen LogP contribution in [0, 0.1) is 10.1 Å². The first-order chi connectivity index (χ1) is 19.8. The Balaban J connectivity index is 2.10. The van der Waals surface area contributed by atoms with Gasteiger partial charge in [-0.05, 0) is 63.1 Å². The van der Waals surface area contributed by atoms with Crippen LogP contribution >= 0.6 is 0 Å². The van der Waals surface area contributed by atoms with Gasteiger partial charge >= 0.3 is 0 Å². The summed E-state index contributed by atoms with van der Waals surface area (Å²) in [6.45, 7) is 6.54. The highest BCUT2D eigenvalue weighted by molar-refractivity contribution is 7.92. The smallest absolute Gasteiger partial charge is 0.271 e. The summed E-state index contributed by atoms with van der Waals surface area (Å²) in [5.41, 5.74) is -0.276. The molecule has 1 N–H and O–H groups in total. The first-order valence-electron chi connectivity index (χ1n) is 13.3. The van der Waals surface area contributed by atoms with Crippen LogP contribution < -0.4 is 14.4 Å². The van der Waals surface area contributed by atoms with E-state index in [1.54, 1.807) is 49.4 Å². The number of anilines is 1. The summed E-state index contributed by atoms with van der Waals surface area (Å²) in [6, 6.07) is 18.6. The fourth-order valence-corrected chi connectivity index (χ4v) is 5.74. The Kier molecular flexibility index (Phi) is 10.3. The number of benzene rings is 3. The number of nitro benzene ring substituents is 1. The molecule has 0 aliphatic heterocycles. The number of nitrogens with zero attached hydrogens (tertiary/aromatic N) is 3. The molecule has 0 saturated heterocycles. The van der Waals surface area contributed by atoms with Gasteiger partial charge in [0.15, 0.2) is 0 Å². The molecule has 3 rings (SSSR count). The van der Waals surface area contributed by atoms with Gasteiger partial charge in [-0.25, -0.2) is 8.42 Å². The highest BCUT2D eigenvalue weighted by Gasteiger charge is 2.35. The molecule has 0 aliphatic rings. The highest BCUT2D eigenvalue weighted by atomic mass is 32.2. The van der Waals surface area contributed by atoms with Crippen molar-refractivity contribution in [1.29, 1.82) is 0 Å². The van der Waals surface area contributed by atoms with Gasteiger partial charge in [-0.1, -0.05) is 43.3 Å². The monoisotopic (exact) mass is 596 g/mol. The number of hydrogen-bond donors (Lipinski definition) is 1. The average molecular weight is 597 g/mol. The Morgan fingerprint density at radius 3 is 2.19 bits per heavy atom. The number of sulfonamides is 1. The predicted molar refractivity (Wildman–Crippen MR) is 160 cm³/mol. The standard InChI is InChI=1S/C30H36N4O7S/c1-6-27(29(36)31-30(2,3)4)32(20-22-15-17-25(41-5)18-16-22)28(35)21-33(23-11-10-12-24(19-23)34(37)38)42(39,40)26-13-8-7-9-14-26/h7-19,27H,6,20-21H2,1-5H3,(H,31,36). The van der Waals surface area contributed by atoms with Crippen molar-refractivity contribution >= 4 is 33.2 Å². The summed E-state index contributed by atoms with van der Waals surface area (Å²) in [5.74, 6) is -0.438. The van der Waals surface area contributed by atoms with Gasteiger partial charge in [-0.15, -0.1) is 0 Å². The van der Waals surface area contributed by atoms with E-state index in [1.165, 1.54) is 42.3 Å². The molecule has 12 heteroatoms. The van der Waals surface area contributed by atoms with Crippen molar-refractivity contribution in [3.63, 3.8) is 0 Å². The largest absolute Gasteiger partial charge is 0.497 e. The van der Waals surface area contributed by atoms with Crippen molar-refractivity contribution in [1.82, 2.24) is 10.2 Å². The molecule has 0 heterocycles. The number of methoxy groups -OCH3 is 1. The minimum atomic E-state index is -4.34. The number of non-ortho nitro benzene ring substituents is 1. The molecule has 42 heavy (non-hydrogen) atoms. The molecule has 0 fully saturated rings. The molecule has 0 spiro atoms. The van der Waals surface area contributed by atoms with Crippen molar-refractivity contribution in [2.75, 3.05) is 18.0 Å². The summed E-state index contributed by atoms with van der Waals surface area (Å²) < 4.78 is 33.8. The third-order valence-corrected chi connectivity index (χ3v) is 8.12. The van der Waals surface area contributed by atoms with E-state index in [4.69, 9.17) is 4.74 Å². The zero-order valence-electron chi connectivity index (χ0n) is 24.3. The third kappa shape index (κ3) is 8.06. The average Bonchev–Trinajstić information content (AvgIpc) is 2.95. The number of hydrogen-bond acceptors (Lipinski definition) is 7. The van der Waals surface area contributed by atoms with Crippen molar-refractivity contribution < 1.29 is 27.7 Å². The Morgan fingerprint density at radius 1 is 1.00 bits per heavy atom. The van der Waals surface area contributed by atoms with Crippen LogP contribution in [0.15, 0.2) is 83.8 Å². The molecule has 1 unspecified atom stereocenters. The molecular formula is C30H36N4O7S. The first kappa shape index (κ1) is 32.1. The van der Waals surface area contributed by atoms with Gasteiger partial charge in [0.05, 0.1) is 22.6 Å². The number of nitrogens with one attached hydrogen (secondary N) is 1. The molecule has 0 aliphatic carbocycles. The molecule has 3 aromatic carbocycles. The van der Waals surface area contributed by atoms with E-state index in [0.717, 1.165) is 10.4 Å². The van der Waals surface area contributed by atoms with Crippen molar-refractivity contribution in [2.45, 2.75) is 57.1 Å². The number of carbonyl (C=O) groups is 2. The summed E-state index contributed by atoms with van der Waals surface area (Å²) in [7, 11) is -2.81. The van der Waals surface area contributed by atoms with Crippen LogP contribution in [0.5, 0.6) is 5.75 Å². The fraction of sp³-hybridized carbons (Fsp3) is 0.333. The van der Waals surface area contributed by atoms with Crippen molar-refractivity contribution in [2.24, 2.45) is 0 Å². The zero-order chi connectivity index (χ0) is 31.1. The molecule has 11 nitrogen and oxygen atoms in total. The Bertz CT molecular complexity index is 1500. The maximum Gasteiger partial charge on any atom is 0.271 e. The lowest BCUT2D eigenvalue weighted by molar-refractivity contribution is -0.384. The molecule has 3 aromatic rings. The summed E-state index contributed by atoms with van der Waals surface area (Å²) >= 11 is 0. The molecule has 224 valence electrons. The SMILES string of the molecule is CCC(C(=O)NC(C)(C)C)N(Cc1ccc(OC)cc1)C(=O)CN(c1cccc([N+](=O)[O-])c1)S(=O)(=O)c1ccccc1. The van der Waals surface area contributed by atoms with Gasteiger partial charge < -0.3 is 15.0 Å². The van der Waals surface area contributed by atoms with Gasteiger partial charge in [-0.3, -0.25) is 24.0 Å². The third-order valence-electron chi connectivity index (χ3n) is 6.33. The lowest BCUT2D eigenvalue weighted by Gasteiger charge is -2.34. The van der Waals surface area contributed by atoms with Gasteiger partial charge in [0.2, 0.25) is 11.8 Å². The number of ether oxygens (including phenoxy) is 1. The van der Waals surface area contributed by atoms with Crippen LogP contribution in [-0.2, 0) is 26.2 Å². The second-order valence-electron chi connectivity index (χ2n) is 10.6. The minimum Gasteiger partial charge on any atom is -0.497 e. The molecular weight excluding hydrogens is 560 g/mol. The van der Waals surface area contributed by atoms with Crippen molar-refractivity contribution in [3.8, 4) is 5.75 Å². The maximum atomic E-state index is 14.1. The van der Waals surface area contributed by atoms with E-state index in [9.17, 15) is 28.1 Å². The zero-order valence-corrected chi connectivity index (χ0v) is 25.1. The lowest BCUT2D eigenvalue weighted by atomic mass is 10.1. The quantitative estimate of drug-likeness (QED) is 0.240. The van der Waals surface area contributed by atoms with E-state index in [-0.39, 0.29) is 35.1 Å². The predicted octanol–water partition coefficient (Wildman–Crippen LogP) is 4.52. The van der Waals surface area contributed by atoms with E-state index < -0.39 is 39.0 Å². The molecule has 0 bridgehead atoms. The fourth-order valence-electron chi connectivity index (χ4n) is 4.31. The maximum absolute atomic E-state index is 14.1. The van der Waals surface area contributed by atoms with Crippen LogP contribution in [0.1, 0.15) is 39.7 Å². The second kappa shape index (κ2) is 13.5. The topological polar surface area (TPSA) is 139 Å². The Labute approximate surface area is 246 Å². The molecule has 0 radical (unpaired) electrons.